The summed E-state index contributed by atoms with van der Waals surface area (Å²) >= 11 is 2.88. The van der Waals surface area contributed by atoms with Crippen LogP contribution in [-0.4, -0.2) is 28.4 Å². The van der Waals surface area contributed by atoms with Gasteiger partial charge in [-0.25, -0.2) is 4.98 Å². The van der Waals surface area contributed by atoms with E-state index < -0.39 is 0 Å². The van der Waals surface area contributed by atoms with Gasteiger partial charge in [-0.05, 0) is 48.3 Å². The number of nitrogens with zero attached hydrogens (tertiary/aromatic N) is 2. The normalized spacial score (nSPS) is 16.5. The number of hydrogen-bond donors (Lipinski definition) is 0. The molecule has 2 heterocycles. The molecule has 4 rings (SSSR count). The van der Waals surface area contributed by atoms with Crippen LogP contribution < -0.4 is 5.56 Å². The van der Waals surface area contributed by atoms with E-state index in [-0.39, 0.29) is 22.7 Å². The van der Waals surface area contributed by atoms with Gasteiger partial charge in [-0.3, -0.25) is 14.2 Å². The topological polar surface area (TPSA) is 61.2 Å². The molecule has 3 aromatic rings. The minimum absolute atomic E-state index is 0.0507. The highest BCUT2D eigenvalue weighted by molar-refractivity contribution is 7.99. The van der Waals surface area contributed by atoms with Gasteiger partial charge < -0.3 is 4.74 Å². The van der Waals surface area contributed by atoms with Crippen molar-refractivity contribution in [3.8, 4) is 5.69 Å². The quantitative estimate of drug-likeness (QED) is 0.328. The van der Waals surface area contributed by atoms with Gasteiger partial charge in [0, 0.05) is 4.88 Å². The molecule has 5 nitrogen and oxygen atoms in total. The third-order valence-corrected chi connectivity index (χ3v) is 7.90. The number of aryl methyl sites for hydroxylation is 1. The van der Waals surface area contributed by atoms with Crippen LogP contribution in [0.3, 0.4) is 0 Å². The highest BCUT2D eigenvalue weighted by Gasteiger charge is 2.32. The Labute approximate surface area is 184 Å². The summed E-state index contributed by atoms with van der Waals surface area (Å²) in [5.41, 5.74) is 2.12. The second-order valence-electron chi connectivity index (χ2n) is 8.72. The highest BCUT2D eigenvalue weighted by atomic mass is 32.2. The first-order chi connectivity index (χ1) is 14.3. The van der Waals surface area contributed by atoms with E-state index in [1.165, 1.54) is 29.3 Å². The van der Waals surface area contributed by atoms with Gasteiger partial charge in [0.1, 0.15) is 4.83 Å². The lowest BCUT2D eigenvalue weighted by Crippen LogP contribution is -2.27. The Balaban J connectivity index is 1.87. The molecule has 2 aromatic heterocycles. The molecule has 0 bridgehead atoms. The number of thioether (sulfide) groups is 1. The molecule has 0 saturated carbocycles. The Hall–Kier alpha value is -2.12. The monoisotopic (exact) mass is 442 g/mol. The van der Waals surface area contributed by atoms with Crippen LogP contribution in [0.5, 0.6) is 0 Å². The van der Waals surface area contributed by atoms with E-state index in [0.29, 0.717) is 11.1 Å². The fraction of sp³-hybridized carbons (Fsp3) is 0.435. The molecule has 7 heteroatoms. The lowest BCUT2D eigenvalue weighted by Gasteiger charge is -2.33. The van der Waals surface area contributed by atoms with E-state index in [0.717, 1.165) is 35.2 Å². The molecule has 1 aliphatic rings. The predicted octanol–water partition coefficient (Wildman–Crippen LogP) is 4.86. The Morgan fingerprint density at radius 3 is 2.70 bits per heavy atom. The van der Waals surface area contributed by atoms with Gasteiger partial charge in [0.05, 0.1) is 23.9 Å². The van der Waals surface area contributed by atoms with Crippen LogP contribution in [0.15, 0.2) is 40.3 Å². The molecule has 0 radical (unpaired) electrons. The standard InChI is InChI=1S/C23H26N2O3S2/c1-23(2,3)14-10-11-16-17(12-14)30-20-19(16)21(27)25(15-8-6-5-7-9-15)22(24-20)29-13-18(26)28-4/h5-9,14H,10-13H2,1-4H3/t14-/m1/s1. The smallest absolute Gasteiger partial charge is 0.316 e. The van der Waals surface area contributed by atoms with Crippen molar-refractivity contribution < 1.29 is 9.53 Å². The van der Waals surface area contributed by atoms with E-state index in [4.69, 9.17) is 9.72 Å². The summed E-state index contributed by atoms with van der Waals surface area (Å²) in [6, 6.07) is 9.51. The SMILES string of the molecule is COC(=O)CSc1nc2sc3c(c2c(=O)n1-c1ccccc1)CC[C@@H](C(C)(C)C)C3. The number of carbonyl (C=O) groups excluding carboxylic acids is 1. The number of hydrogen-bond acceptors (Lipinski definition) is 6. The number of ether oxygens (including phenoxy) is 1. The van der Waals surface area contributed by atoms with E-state index >= 15 is 0 Å². The van der Waals surface area contributed by atoms with Crippen LogP contribution in [0.4, 0.5) is 0 Å². The summed E-state index contributed by atoms with van der Waals surface area (Å²) in [5.74, 6) is 0.369. The van der Waals surface area contributed by atoms with Gasteiger partial charge in [0.2, 0.25) is 0 Å². The third-order valence-electron chi connectivity index (χ3n) is 5.84. The van der Waals surface area contributed by atoms with Gasteiger partial charge in [-0.1, -0.05) is 50.7 Å². The Bertz CT molecular complexity index is 1140. The number of thiophene rings is 1. The molecule has 0 spiro atoms. The zero-order valence-corrected chi connectivity index (χ0v) is 19.4. The number of rotatable bonds is 4. The zero-order valence-electron chi connectivity index (χ0n) is 17.7. The van der Waals surface area contributed by atoms with Crippen molar-refractivity contribution in [1.29, 1.82) is 0 Å². The predicted molar refractivity (Wildman–Crippen MR) is 123 cm³/mol. The molecule has 0 amide bonds. The van der Waals surface area contributed by atoms with Crippen molar-refractivity contribution >= 4 is 39.3 Å². The van der Waals surface area contributed by atoms with Gasteiger partial charge in [-0.15, -0.1) is 11.3 Å². The summed E-state index contributed by atoms with van der Waals surface area (Å²) in [6.45, 7) is 6.87. The minimum Gasteiger partial charge on any atom is -0.468 e. The Kier molecular flexibility index (Phi) is 5.77. The van der Waals surface area contributed by atoms with E-state index in [9.17, 15) is 9.59 Å². The van der Waals surface area contributed by atoms with Crippen LogP contribution >= 0.6 is 23.1 Å². The summed E-state index contributed by atoms with van der Waals surface area (Å²) in [7, 11) is 1.36. The number of aromatic nitrogens is 2. The largest absolute Gasteiger partial charge is 0.468 e. The van der Waals surface area contributed by atoms with Gasteiger partial charge in [0.25, 0.3) is 5.56 Å². The molecule has 1 aliphatic carbocycles. The van der Waals surface area contributed by atoms with E-state index in [1.54, 1.807) is 15.9 Å². The van der Waals surface area contributed by atoms with Crippen LogP contribution in [-0.2, 0) is 22.4 Å². The van der Waals surface area contributed by atoms with E-state index in [1.807, 2.05) is 30.3 Å². The second kappa shape index (κ2) is 8.19. The van der Waals surface area contributed by atoms with Gasteiger partial charge >= 0.3 is 5.97 Å². The highest BCUT2D eigenvalue weighted by Crippen LogP contribution is 2.42. The summed E-state index contributed by atoms with van der Waals surface area (Å²) < 4.78 is 6.41. The molecule has 0 saturated heterocycles. The molecule has 0 N–H and O–H groups in total. The molecule has 30 heavy (non-hydrogen) atoms. The number of esters is 1. The first-order valence-electron chi connectivity index (χ1n) is 10.1. The number of para-hydroxylation sites is 1. The maximum Gasteiger partial charge on any atom is 0.316 e. The molecule has 0 aliphatic heterocycles. The van der Waals surface area contributed by atoms with Crippen molar-refractivity contribution in [2.75, 3.05) is 12.9 Å². The lowest BCUT2D eigenvalue weighted by atomic mass is 9.72. The maximum atomic E-state index is 13.7. The van der Waals surface area contributed by atoms with Crippen molar-refractivity contribution in [2.45, 2.75) is 45.2 Å². The van der Waals surface area contributed by atoms with Crippen LogP contribution in [0, 0.1) is 11.3 Å². The Morgan fingerprint density at radius 1 is 1.30 bits per heavy atom. The van der Waals surface area contributed by atoms with Crippen LogP contribution in [0.2, 0.25) is 0 Å². The summed E-state index contributed by atoms with van der Waals surface area (Å²) in [4.78, 5) is 32.3. The lowest BCUT2D eigenvalue weighted by molar-refractivity contribution is -0.137. The zero-order chi connectivity index (χ0) is 21.5. The molecule has 0 fully saturated rings. The number of carbonyl (C=O) groups is 1. The first-order valence-corrected chi connectivity index (χ1v) is 11.9. The first kappa shape index (κ1) is 21.1. The van der Waals surface area contributed by atoms with Crippen molar-refractivity contribution in [3.63, 3.8) is 0 Å². The van der Waals surface area contributed by atoms with Crippen molar-refractivity contribution in [1.82, 2.24) is 9.55 Å². The second-order valence-corrected chi connectivity index (χ2v) is 10.8. The van der Waals surface area contributed by atoms with Crippen LogP contribution in [0.1, 0.15) is 37.6 Å². The average molecular weight is 443 g/mol. The fourth-order valence-corrected chi connectivity index (χ4v) is 6.22. The third kappa shape index (κ3) is 3.93. The van der Waals surface area contributed by atoms with Crippen molar-refractivity contribution in [3.05, 3.63) is 51.1 Å². The number of fused-ring (bicyclic) bond motifs is 3. The summed E-state index contributed by atoms with van der Waals surface area (Å²) in [5, 5.41) is 1.27. The van der Waals surface area contributed by atoms with E-state index in [2.05, 4.69) is 20.8 Å². The van der Waals surface area contributed by atoms with Crippen LogP contribution in [0.25, 0.3) is 15.9 Å². The molecule has 1 atom stereocenters. The Morgan fingerprint density at radius 2 is 2.03 bits per heavy atom. The van der Waals surface area contributed by atoms with Gasteiger partial charge in [0.15, 0.2) is 5.16 Å². The molecule has 1 aromatic carbocycles. The maximum absolute atomic E-state index is 13.7. The minimum atomic E-state index is -0.340. The fourth-order valence-electron chi connectivity index (χ4n) is 4.03. The molecular weight excluding hydrogens is 416 g/mol. The number of methoxy groups -OCH3 is 1. The summed E-state index contributed by atoms with van der Waals surface area (Å²) in [6.07, 6.45) is 3.00. The molecule has 158 valence electrons. The van der Waals surface area contributed by atoms with Gasteiger partial charge in [-0.2, -0.15) is 0 Å². The molecular formula is C23H26N2O3S2. The number of benzene rings is 1. The van der Waals surface area contributed by atoms with Crippen molar-refractivity contribution in [2.24, 2.45) is 11.3 Å². The molecule has 0 unspecified atom stereocenters. The average Bonchev–Trinajstić information content (AvgIpc) is 3.09.